The number of hydrogen-bond acceptors (Lipinski definition) is 4. The van der Waals surface area contributed by atoms with Gasteiger partial charge in [-0.05, 0) is 49.4 Å². The van der Waals surface area contributed by atoms with Crippen molar-refractivity contribution >= 4 is 17.5 Å². The van der Waals surface area contributed by atoms with Crippen LogP contribution in [0.1, 0.15) is 35.6 Å². The van der Waals surface area contributed by atoms with E-state index in [0.717, 1.165) is 55.8 Å². The van der Waals surface area contributed by atoms with Gasteiger partial charge < -0.3 is 10.6 Å². The maximum absolute atomic E-state index is 13.0. The smallest absolute Gasteiger partial charge is 0.242 e. The molecule has 0 spiro atoms. The Morgan fingerprint density at radius 1 is 0.968 bits per heavy atom. The summed E-state index contributed by atoms with van der Waals surface area (Å²) in [5.41, 5.74) is 4.18. The van der Waals surface area contributed by atoms with Crippen LogP contribution in [0.4, 0.5) is 5.69 Å². The number of aryl methyl sites for hydroxylation is 1. The van der Waals surface area contributed by atoms with Gasteiger partial charge in [-0.1, -0.05) is 42.5 Å². The molecule has 1 heterocycles. The highest BCUT2D eigenvalue weighted by molar-refractivity contribution is 5.93. The Kier molecular flexibility index (Phi) is 6.68. The third-order valence-electron chi connectivity index (χ3n) is 6.31. The van der Waals surface area contributed by atoms with Gasteiger partial charge >= 0.3 is 0 Å². The molecule has 1 aliphatic heterocycles. The molecule has 2 amide bonds. The number of anilines is 1. The maximum Gasteiger partial charge on any atom is 0.242 e. The molecule has 1 atom stereocenters. The Morgan fingerprint density at radius 2 is 1.68 bits per heavy atom. The SMILES string of the molecule is Cc1cccc(NC(=O)CN2CCN(C(C(=O)NC3CC3)c3ccccc3)CC2)c1C. The minimum atomic E-state index is -0.271. The summed E-state index contributed by atoms with van der Waals surface area (Å²) < 4.78 is 0. The minimum Gasteiger partial charge on any atom is -0.352 e. The van der Waals surface area contributed by atoms with Crippen LogP contribution >= 0.6 is 0 Å². The van der Waals surface area contributed by atoms with Crippen molar-refractivity contribution in [2.24, 2.45) is 0 Å². The van der Waals surface area contributed by atoms with Gasteiger partial charge in [-0.15, -0.1) is 0 Å². The van der Waals surface area contributed by atoms with Crippen molar-refractivity contribution in [1.29, 1.82) is 0 Å². The predicted molar refractivity (Wildman–Crippen MR) is 123 cm³/mol. The van der Waals surface area contributed by atoms with E-state index in [1.165, 1.54) is 5.56 Å². The van der Waals surface area contributed by atoms with Crippen LogP contribution in [0.5, 0.6) is 0 Å². The van der Waals surface area contributed by atoms with Crippen LogP contribution in [-0.4, -0.2) is 60.4 Å². The molecule has 4 rings (SSSR count). The fraction of sp³-hybridized carbons (Fsp3) is 0.440. The summed E-state index contributed by atoms with van der Waals surface area (Å²) in [6.45, 7) is 7.49. The molecule has 1 saturated carbocycles. The monoisotopic (exact) mass is 420 g/mol. The first-order valence-corrected chi connectivity index (χ1v) is 11.2. The number of carbonyl (C=O) groups is 2. The van der Waals surface area contributed by atoms with Gasteiger partial charge in [0.25, 0.3) is 0 Å². The number of nitrogens with one attached hydrogen (secondary N) is 2. The lowest BCUT2D eigenvalue weighted by Crippen LogP contribution is -2.52. The molecule has 1 saturated heterocycles. The van der Waals surface area contributed by atoms with E-state index in [9.17, 15) is 9.59 Å². The number of amides is 2. The van der Waals surface area contributed by atoms with Crippen molar-refractivity contribution in [1.82, 2.24) is 15.1 Å². The minimum absolute atomic E-state index is 0.00763. The van der Waals surface area contributed by atoms with Crippen LogP contribution in [0.2, 0.25) is 0 Å². The largest absolute Gasteiger partial charge is 0.352 e. The van der Waals surface area contributed by atoms with E-state index in [-0.39, 0.29) is 17.9 Å². The van der Waals surface area contributed by atoms with Crippen LogP contribution in [0.3, 0.4) is 0 Å². The average molecular weight is 421 g/mol. The van der Waals surface area contributed by atoms with E-state index in [4.69, 9.17) is 0 Å². The third-order valence-corrected chi connectivity index (χ3v) is 6.31. The Hall–Kier alpha value is -2.70. The number of rotatable bonds is 7. The number of nitrogens with zero attached hydrogens (tertiary/aromatic N) is 2. The number of hydrogen-bond donors (Lipinski definition) is 2. The van der Waals surface area contributed by atoms with Gasteiger partial charge in [0.2, 0.25) is 11.8 Å². The van der Waals surface area contributed by atoms with Crippen molar-refractivity contribution in [3.63, 3.8) is 0 Å². The molecule has 1 unspecified atom stereocenters. The van der Waals surface area contributed by atoms with Crippen LogP contribution in [0.25, 0.3) is 0 Å². The maximum atomic E-state index is 13.0. The molecule has 1 aliphatic carbocycles. The summed E-state index contributed by atoms with van der Waals surface area (Å²) in [6.07, 6.45) is 2.16. The highest BCUT2D eigenvalue weighted by atomic mass is 16.2. The van der Waals surface area contributed by atoms with E-state index in [2.05, 4.69) is 20.4 Å². The fourth-order valence-electron chi connectivity index (χ4n) is 4.13. The van der Waals surface area contributed by atoms with Gasteiger partial charge in [0, 0.05) is 37.9 Å². The summed E-state index contributed by atoms with van der Waals surface area (Å²) in [4.78, 5) is 30.0. The first-order chi connectivity index (χ1) is 15.0. The Morgan fingerprint density at radius 3 is 2.35 bits per heavy atom. The third kappa shape index (κ3) is 5.51. The van der Waals surface area contributed by atoms with Gasteiger partial charge in [-0.3, -0.25) is 19.4 Å². The molecule has 2 N–H and O–H groups in total. The summed E-state index contributed by atoms with van der Waals surface area (Å²) in [7, 11) is 0. The van der Waals surface area contributed by atoms with Gasteiger partial charge in [-0.2, -0.15) is 0 Å². The van der Waals surface area contributed by atoms with Gasteiger partial charge in [0.05, 0.1) is 6.54 Å². The molecule has 2 fully saturated rings. The molecule has 164 valence electrons. The van der Waals surface area contributed by atoms with E-state index in [0.29, 0.717) is 12.6 Å². The van der Waals surface area contributed by atoms with Crippen LogP contribution in [0, 0.1) is 13.8 Å². The van der Waals surface area contributed by atoms with Crippen molar-refractivity contribution in [2.45, 2.75) is 38.8 Å². The highest BCUT2D eigenvalue weighted by Gasteiger charge is 2.33. The van der Waals surface area contributed by atoms with Gasteiger partial charge in [-0.25, -0.2) is 0 Å². The first-order valence-electron chi connectivity index (χ1n) is 11.2. The van der Waals surface area contributed by atoms with Crippen molar-refractivity contribution in [3.05, 3.63) is 65.2 Å². The highest BCUT2D eigenvalue weighted by Crippen LogP contribution is 2.26. The molecule has 0 bridgehead atoms. The molecule has 2 aromatic carbocycles. The van der Waals surface area contributed by atoms with Crippen molar-refractivity contribution in [2.75, 3.05) is 38.0 Å². The second-order valence-electron chi connectivity index (χ2n) is 8.70. The molecular weight excluding hydrogens is 388 g/mol. The zero-order valence-corrected chi connectivity index (χ0v) is 18.4. The Balaban J connectivity index is 1.34. The fourth-order valence-corrected chi connectivity index (χ4v) is 4.13. The topological polar surface area (TPSA) is 64.7 Å². The lowest BCUT2D eigenvalue weighted by molar-refractivity contribution is -0.128. The van der Waals surface area contributed by atoms with Crippen LogP contribution < -0.4 is 10.6 Å². The molecular formula is C25H32N4O2. The molecule has 6 heteroatoms. The van der Waals surface area contributed by atoms with Crippen LogP contribution in [-0.2, 0) is 9.59 Å². The summed E-state index contributed by atoms with van der Waals surface area (Å²) in [5.74, 6) is 0.100. The molecule has 0 radical (unpaired) electrons. The van der Waals surface area contributed by atoms with Crippen molar-refractivity contribution in [3.8, 4) is 0 Å². The van der Waals surface area contributed by atoms with E-state index < -0.39 is 0 Å². The van der Waals surface area contributed by atoms with Gasteiger partial charge in [0.15, 0.2) is 0 Å². The lowest BCUT2D eigenvalue weighted by Gasteiger charge is -2.38. The molecule has 31 heavy (non-hydrogen) atoms. The normalized spacial score (nSPS) is 18.4. The zero-order chi connectivity index (χ0) is 21.8. The summed E-state index contributed by atoms with van der Waals surface area (Å²) in [5, 5.41) is 6.22. The molecule has 2 aliphatic rings. The van der Waals surface area contributed by atoms with E-state index in [1.54, 1.807) is 0 Å². The zero-order valence-electron chi connectivity index (χ0n) is 18.4. The molecule has 6 nitrogen and oxygen atoms in total. The standard InChI is InChI=1S/C25H32N4O2/c1-18-7-6-10-22(19(18)2)27-23(30)17-28-13-15-29(16-14-28)24(20-8-4-3-5-9-20)25(31)26-21-11-12-21/h3-10,21,24H,11-17H2,1-2H3,(H,26,31)(H,27,30). The van der Waals surface area contributed by atoms with E-state index >= 15 is 0 Å². The lowest BCUT2D eigenvalue weighted by atomic mass is 10.0. The predicted octanol–water partition coefficient (Wildman–Crippen LogP) is 2.88. The Labute approximate surface area is 184 Å². The quantitative estimate of drug-likeness (QED) is 0.723. The summed E-state index contributed by atoms with van der Waals surface area (Å²) in [6, 6.07) is 16.0. The second kappa shape index (κ2) is 9.62. The number of benzene rings is 2. The van der Waals surface area contributed by atoms with E-state index in [1.807, 2.05) is 62.4 Å². The molecule has 0 aromatic heterocycles. The number of carbonyl (C=O) groups excluding carboxylic acids is 2. The first kappa shape index (κ1) is 21.5. The van der Waals surface area contributed by atoms with Gasteiger partial charge in [0.1, 0.15) is 6.04 Å². The number of piperazine rings is 1. The average Bonchev–Trinajstić information content (AvgIpc) is 3.57. The van der Waals surface area contributed by atoms with Crippen molar-refractivity contribution < 1.29 is 9.59 Å². The summed E-state index contributed by atoms with van der Waals surface area (Å²) >= 11 is 0. The Bertz CT molecular complexity index is 918. The van der Waals surface area contributed by atoms with Crippen LogP contribution in [0.15, 0.2) is 48.5 Å². The second-order valence-corrected chi connectivity index (χ2v) is 8.70. The molecule has 2 aromatic rings.